The first kappa shape index (κ1) is 11.9. The van der Waals surface area contributed by atoms with Crippen LogP contribution in [0.1, 0.15) is 23.0 Å². The molecule has 1 aromatic carbocycles. The number of nitrogens with zero attached hydrogens (tertiary/aromatic N) is 2. The van der Waals surface area contributed by atoms with Crippen LogP contribution in [-0.4, -0.2) is 29.7 Å². The number of benzene rings is 1. The molecule has 0 aliphatic carbocycles. The van der Waals surface area contributed by atoms with E-state index in [1.54, 1.807) is 0 Å². The highest BCUT2D eigenvalue weighted by atomic mass is 16.5. The molecule has 20 heavy (non-hydrogen) atoms. The third kappa shape index (κ3) is 1.96. The van der Waals surface area contributed by atoms with Gasteiger partial charge in [-0.05, 0) is 36.8 Å². The van der Waals surface area contributed by atoms with Crippen molar-refractivity contribution in [1.82, 2.24) is 15.3 Å². The van der Waals surface area contributed by atoms with E-state index in [1.807, 2.05) is 6.92 Å². The predicted octanol–water partition coefficient (Wildman–Crippen LogP) is 2.07. The minimum Gasteiger partial charge on any atom is -0.493 e. The second-order valence-electron chi connectivity index (χ2n) is 5.53. The number of aromatic nitrogens is 2. The van der Waals surface area contributed by atoms with Gasteiger partial charge in [0.1, 0.15) is 11.6 Å². The molecule has 0 unspecified atom stereocenters. The van der Waals surface area contributed by atoms with Crippen LogP contribution in [0.2, 0.25) is 0 Å². The molecular formula is C16H17N3O. The van der Waals surface area contributed by atoms with Crippen LogP contribution in [0.5, 0.6) is 5.75 Å². The molecule has 1 fully saturated rings. The minimum absolute atomic E-state index is 0.464. The van der Waals surface area contributed by atoms with Crippen molar-refractivity contribution < 1.29 is 4.74 Å². The van der Waals surface area contributed by atoms with Crippen molar-refractivity contribution in [2.24, 2.45) is 0 Å². The summed E-state index contributed by atoms with van der Waals surface area (Å²) in [5, 5.41) is 3.28. The first-order valence-electron chi connectivity index (χ1n) is 7.12. The summed E-state index contributed by atoms with van der Waals surface area (Å²) in [6.45, 7) is 4.81. The van der Waals surface area contributed by atoms with Gasteiger partial charge < -0.3 is 10.1 Å². The Morgan fingerprint density at radius 2 is 2.10 bits per heavy atom. The Labute approximate surface area is 118 Å². The Morgan fingerprint density at radius 1 is 1.20 bits per heavy atom. The van der Waals surface area contributed by atoms with Gasteiger partial charge in [-0.1, -0.05) is 0 Å². The van der Waals surface area contributed by atoms with E-state index in [-0.39, 0.29) is 0 Å². The van der Waals surface area contributed by atoms with Crippen molar-refractivity contribution in [3.05, 3.63) is 41.3 Å². The smallest absolute Gasteiger partial charge is 0.134 e. The highest BCUT2D eigenvalue weighted by Crippen LogP contribution is 2.30. The van der Waals surface area contributed by atoms with Gasteiger partial charge in [0.25, 0.3) is 0 Å². The molecule has 102 valence electrons. The second kappa shape index (κ2) is 4.56. The summed E-state index contributed by atoms with van der Waals surface area (Å²) in [6.07, 6.45) is 0.993. The molecule has 0 amide bonds. The number of nitrogens with one attached hydrogen (secondary N) is 1. The van der Waals surface area contributed by atoms with Gasteiger partial charge in [-0.2, -0.15) is 0 Å². The minimum atomic E-state index is 0.464. The van der Waals surface area contributed by atoms with Crippen LogP contribution >= 0.6 is 0 Å². The van der Waals surface area contributed by atoms with Gasteiger partial charge in [-0.3, -0.25) is 0 Å². The fourth-order valence-electron chi connectivity index (χ4n) is 2.74. The van der Waals surface area contributed by atoms with E-state index < -0.39 is 0 Å². The lowest BCUT2D eigenvalue weighted by Crippen LogP contribution is -2.41. The summed E-state index contributed by atoms with van der Waals surface area (Å²) in [5.74, 6) is 2.45. The average Bonchev–Trinajstić information content (AvgIpc) is 2.83. The van der Waals surface area contributed by atoms with Crippen LogP contribution in [0.3, 0.4) is 0 Å². The molecule has 0 saturated carbocycles. The van der Waals surface area contributed by atoms with Crippen molar-refractivity contribution >= 4 is 0 Å². The lowest BCUT2D eigenvalue weighted by atomic mass is 10.0. The summed E-state index contributed by atoms with van der Waals surface area (Å²) in [5.41, 5.74) is 4.50. The Balaban J connectivity index is 1.75. The molecule has 2 aromatic rings. The highest BCUT2D eigenvalue weighted by molar-refractivity contribution is 5.63. The number of ether oxygens (including phenoxy) is 1. The third-order valence-electron chi connectivity index (χ3n) is 4.00. The van der Waals surface area contributed by atoms with Gasteiger partial charge in [0, 0.05) is 36.7 Å². The van der Waals surface area contributed by atoms with Crippen molar-refractivity contribution in [3.8, 4) is 17.0 Å². The molecule has 0 bridgehead atoms. The van der Waals surface area contributed by atoms with Gasteiger partial charge >= 0.3 is 0 Å². The molecule has 1 aromatic heterocycles. The molecule has 4 rings (SSSR count). The average molecular weight is 267 g/mol. The van der Waals surface area contributed by atoms with E-state index in [0.717, 1.165) is 54.6 Å². The number of rotatable bonds is 2. The first-order chi connectivity index (χ1) is 9.79. The lowest BCUT2D eigenvalue weighted by molar-refractivity contribution is 0.357. The SMILES string of the molecule is Cc1cc(-c2ccc3c(c2)CCO3)nc(C2CNC2)n1. The topological polar surface area (TPSA) is 47.0 Å². The van der Waals surface area contributed by atoms with E-state index in [9.17, 15) is 0 Å². The van der Waals surface area contributed by atoms with Crippen LogP contribution in [-0.2, 0) is 6.42 Å². The summed E-state index contributed by atoms with van der Waals surface area (Å²) in [7, 11) is 0. The molecule has 2 aliphatic rings. The molecule has 1 saturated heterocycles. The molecule has 2 aliphatic heterocycles. The van der Waals surface area contributed by atoms with Crippen molar-refractivity contribution in [3.63, 3.8) is 0 Å². The Hall–Kier alpha value is -1.94. The molecular weight excluding hydrogens is 250 g/mol. The van der Waals surface area contributed by atoms with Crippen molar-refractivity contribution in [1.29, 1.82) is 0 Å². The van der Waals surface area contributed by atoms with Gasteiger partial charge in [-0.25, -0.2) is 9.97 Å². The summed E-state index contributed by atoms with van der Waals surface area (Å²) < 4.78 is 5.56. The first-order valence-corrected chi connectivity index (χ1v) is 7.12. The number of hydrogen-bond acceptors (Lipinski definition) is 4. The number of aryl methyl sites for hydroxylation is 1. The molecule has 4 heteroatoms. The molecule has 0 radical (unpaired) electrons. The van der Waals surface area contributed by atoms with E-state index in [2.05, 4.69) is 34.6 Å². The van der Waals surface area contributed by atoms with E-state index >= 15 is 0 Å². The van der Waals surface area contributed by atoms with Crippen LogP contribution in [0.4, 0.5) is 0 Å². The monoisotopic (exact) mass is 267 g/mol. The van der Waals surface area contributed by atoms with E-state index in [0.29, 0.717) is 5.92 Å². The third-order valence-corrected chi connectivity index (χ3v) is 4.00. The Kier molecular flexibility index (Phi) is 2.70. The molecule has 0 atom stereocenters. The fraction of sp³-hybridized carbons (Fsp3) is 0.375. The zero-order chi connectivity index (χ0) is 13.5. The molecule has 3 heterocycles. The predicted molar refractivity (Wildman–Crippen MR) is 77.0 cm³/mol. The van der Waals surface area contributed by atoms with Crippen molar-refractivity contribution in [2.75, 3.05) is 19.7 Å². The van der Waals surface area contributed by atoms with Crippen LogP contribution in [0.25, 0.3) is 11.3 Å². The van der Waals surface area contributed by atoms with Gasteiger partial charge in [-0.15, -0.1) is 0 Å². The van der Waals surface area contributed by atoms with Crippen LogP contribution in [0, 0.1) is 6.92 Å². The van der Waals surface area contributed by atoms with E-state index in [1.165, 1.54) is 5.56 Å². The lowest BCUT2D eigenvalue weighted by Gasteiger charge is -2.26. The van der Waals surface area contributed by atoms with Gasteiger partial charge in [0.15, 0.2) is 0 Å². The zero-order valence-corrected chi connectivity index (χ0v) is 11.5. The van der Waals surface area contributed by atoms with Crippen LogP contribution in [0.15, 0.2) is 24.3 Å². The Bertz CT molecular complexity index is 665. The van der Waals surface area contributed by atoms with Crippen LogP contribution < -0.4 is 10.1 Å². The standard InChI is InChI=1S/C16H17N3O/c1-10-6-14(19-16(18-10)13-8-17-9-13)11-2-3-15-12(7-11)4-5-20-15/h2-3,6-7,13,17H,4-5,8-9H2,1H3. The second-order valence-corrected chi connectivity index (χ2v) is 5.53. The van der Waals surface area contributed by atoms with Gasteiger partial charge in [0.2, 0.25) is 0 Å². The van der Waals surface area contributed by atoms with Crippen molar-refractivity contribution in [2.45, 2.75) is 19.3 Å². The maximum atomic E-state index is 5.56. The van der Waals surface area contributed by atoms with E-state index in [4.69, 9.17) is 9.72 Å². The summed E-state index contributed by atoms with van der Waals surface area (Å²) in [4.78, 5) is 9.34. The zero-order valence-electron chi connectivity index (χ0n) is 11.5. The summed E-state index contributed by atoms with van der Waals surface area (Å²) in [6, 6.07) is 8.41. The maximum absolute atomic E-state index is 5.56. The highest BCUT2D eigenvalue weighted by Gasteiger charge is 2.23. The fourth-order valence-corrected chi connectivity index (χ4v) is 2.74. The quantitative estimate of drug-likeness (QED) is 0.905. The number of hydrogen-bond donors (Lipinski definition) is 1. The molecule has 0 spiro atoms. The maximum Gasteiger partial charge on any atom is 0.134 e. The normalized spacial score (nSPS) is 17.4. The molecule has 4 nitrogen and oxygen atoms in total. The van der Waals surface area contributed by atoms with Gasteiger partial charge in [0.05, 0.1) is 12.3 Å². The largest absolute Gasteiger partial charge is 0.493 e. The number of fused-ring (bicyclic) bond motifs is 1. The summed E-state index contributed by atoms with van der Waals surface area (Å²) >= 11 is 0. The Morgan fingerprint density at radius 3 is 2.90 bits per heavy atom. The molecule has 1 N–H and O–H groups in total.